The number of hydrogen-bond acceptors (Lipinski definition) is 4. The van der Waals surface area contributed by atoms with Gasteiger partial charge in [0.05, 0.1) is 0 Å². The van der Waals surface area contributed by atoms with Crippen molar-refractivity contribution in [1.82, 2.24) is 9.88 Å². The third-order valence-electron chi connectivity index (χ3n) is 4.84. The second kappa shape index (κ2) is 7.61. The summed E-state index contributed by atoms with van der Waals surface area (Å²) in [6, 6.07) is 14.6. The Hall–Kier alpha value is -2.53. The number of hydrogen-bond donors (Lipinski definition) is 0. The summed E-state index contributed by atoms with van der Waals surface area (Å²) >= 11 is 6.00. The molecule has 140 valence electrons. The molecule has 2 aromatic carbocycles. The second-order valence-corrected chi connectivity index (χ2v) is 7.22. The Balaban J connectivity index is 1.55. The van der Waals surface area contributed by atoms with Crippen LogP contribution >= 0.6 is 11.6 Å². The molecule has 0 unspecified atom stereocenters. The molecule has 5 nitrogen and oxygen atoms in total. The van der Waals surface area contributed by atoms with Gasteiger partial charge in [0.15, 0.2) is 11.7 Å². The molecule has 1 saturated heterocycles. The van der Waals surface area contributed by atoms with Crippen molar-refractivity contribution in [3.8, 4) is 5.75 Å². The first-order chi connectivity index (χ1) is 13.1. The van der Waals surface area contributed by atoms with Gasteiger partial charge in [-0.25, -0.2) is 4.98 Å². The molecule has 0 N–H and O–H groups in total. The number of nitrogens with zero attached hydrogens (tertiary/aromatic N) is 2. The predicted molar refractivity (Wildman–Crippen MR) is 104 cm³/mol. The van der Waals surface area contributed by atoms with Crippen LogP contribution in [0, 0.1) is 0 Å². The van der Waals surface area contributed by atoms with Crippen molar-refractivity contribution in [2.24, 2.45) is 0 Å². The summed E-state index contributed by atoms with van der Waals surface area (Å²) in [5.41, 5.74) is 1.56. The highest BCUT2D eigenvalue weighted by atomic mass is 35.5. The number of piperidine rings is 1. The molecule has 1 aliphatic heterocycles. The fraction of sp³-hybridized carbons (Fsp3) is 0.333. The molecule has 0 spiro atoms. The third-order valence-corrected chi connectivity index (χ3v) is 5.07. The first-order valence-electron chi connectivity index (χ1n) is 9.20. The van der Waals surface area contributed by atoms with Crippen LogP contribution in [-0.2, 0) is 4.79 Å². The Bertz CT molecular complexity index is 922. The summed E-state index contributed by atoms with van der Waals surface area (Å²) in [6.07, 6.45) is 2.22. The van der Waals surface area contributed by atoms with Gasteiger partial charge in [0.2, 0.25) is 5.89 Å². The van der Waals surface area contributed by atoms with E-state index in [1.54, 1.807) is 31.2 Å². The zero-order valence-corrected chi connectivity index (χ0v) is 15.9. The van der Waals surface area contributed by atoms with Gasteiger partial charge < -0.3 is 14.1 Å². The molecule has 2 heterocycles. The molecule has 4 rings (SSSR count). The van der Waals surface area contributed by atoms with Crippen LogP contribution in [0.2, 0.25) is 5.02 Å². The van der Waals surface area contributed by atoms with Crippen LogP contribution in [0.3, 0.4) is 0 Å². The van der Waals surface area contributed by atoms with E-state index in [1.165, 1.54) is 0 Å². The number of rotatable bonds is 4. The van der Waals surface area contributed by atoms with E-state index >= 15 is 0 Å². The number of carbonyl (C=O) groups is 1. The highest BCUT2D eigenvalue weighted by Crippen LogP contribution is 2.33. The number of oxazole rings is 1. The van der Waals surface area contributed by atoms with Gasteiger partial charge in [0, 0.05) is 11.6 Å². The number of likely N-dealkylation sites (tertiary alicyclic amines) is 1. The molecule has 3 aromatic rings. The zero-order chi connectivity index (χ0) is 18.8. The van der Waals surface area contributed by atoms with Crippen LogP contribution < -0.4 is 4.74 Å². The topological polar surface area (TPSA) is 55.6 Å². The van der Waals surface area contributed by atoms with Crippen molar-refractivity contribution in [2.75, 3.05) is 6.54 Å². The summed E-state index contributed by atoms with van der Waals surface area (Å²) in [7, 11) is 0. The van der Waals surface area contributed by atoms with Crippen molar-refractivity contribution in [3.63, 3.8) is 0 Å². The zero-order valence-electron chi connectivity index (χ0n) is 15.1. The van der Waals surface area contributed by atoms with E-state index in [9.17, 15) is 4.79 Å². The van der Waals surface area contributed by atoms with E-state index in [0.29, 0.717) is 23.2 Å². The van der Waals surface area contributed by atoms with Crippen molar-refractivity contribution in [3.05, 3.63) is 59.4 Å². The lowest BCUT2D eigenvalue weighted by Gasteiger charge is -2.35. The monoisotopic (exact) mass is 384 g/mol. The van der Waals surface area contributed by atoms with Crippen LogP contribution in [0.25, 0.3) is 11.1 Å². The predicted octanol–water partition coefficient (Wildman–Crippen LogP) is 5.00. The number of halogens is 1. The lowest BCUT2D eigenvalue weighted by Crippen LogP contribution is -2.45. The maximum Gasteiger partial charge on any atom is 0.264 e. The molecule has 6 heteroatoms. The Morgan fingerprint density at radius 1 is 1.26 bits per heavy atom. The Morgan fingerprint density at radius 2 is 2.11 bits per heavy atom. The van der Waals surface area contributed by atoms with Gasteiger partial charge >= 0.3 is 0 Å². The standard InChI is InChI=1S/C21H21ClN2O3/c1-14(26-16-8-6-7-15(22)13-16)21(25)24-12-5-4-10-18(24)20-23-17-9-2-3-11-19(17)27-20/h2-3,6-9,11,13-14,18H,4-5,10,12H2,1H3/t14-,18-/m0/s1. The van der Waals surface area contributed by atoms with E-state index in [0.717, 1.165) is 30.4 Å². The lowest BCUT2D eigenvalue weighted by atomic mass is 10.0. The van der Waals surface area contributed by atoms with Crippen LogP contribution in [0.1, 0.15) is 38.1 Å². The summed E-state index contributed by atoms with van der Waals surface area (Å²) in [4.78, 5) is 19.5. The largest absolute Gasteiger partial charge is 0.481 e. The minimum atomic E-state index is -0.617. The van der Waals surface area contributed by atoms with E-state index in [2.05, 4.69) is 4.98 Å². The first-order valence-corrected chi connectivity index (χ1v) is 9.58. The van der Waals surface area contributed by atoms with E-state index in [1.807, 2.05) is 29.2 Å². The van der Waals surface area contributed by atoms with Crippen molar-refractivity contribution in [2.45, 2.75) is 38.3 Å². The molecule has 1 amide bonds. The molecule has 1 fully saturated rings. The summed E-state index contributed by atoms with van der Waals surface area (Å²) < 4.78 is 11.8. The number of aromatic nitrogens is 1. The Kier molecular flexibility index (Phi) is 5.03. The molecule has 1 aromatic heterocycles. The summed E-state index contributed by atoms with van der Waals surface area (Å²) in [5, 5.41) is 0.578. The highest BCUT2D eigenvalue weighted by molar-refractivity contribution is 6.30. The normalized spacial score (nSPS) is 18.4. The highest BCUT2D eigenvalue weighted by Gasteiger charge is 2.34. The first kappa shape index (κ1) is 17.9. The minimum Gasteiger partial charge on any atom is -0.481 e. The number of para-hydroxylation sites is 2. The summed E-state index contributed by atoms with van der Waals surface area (Å²) in [6.45, 7) is 2.44. The maximum absolute atomic E-state index is 13.1. The average Bonchev–Trinajstić information content (AvgIpc) is 3.11. The van der Waals surface area contributed by atoms with Crippen LogP contribution in [-0.4, -0.2) is 28.4 Å². The van der Waals surface area contributed by atoms with E-state index in [4.69, 9.17) is 20.8 Å². The quantitative estimate of drug-likeness (QED) is 0.635. The van der Waals surface area contributed by atoms with Crippen molar-refractivity contribution < 1.29 is 13.9 Å². The molecule has 1 aliphatic rings. The van der Waals surface area contributed by atoms with Crippen LogP contribution in [0.15, 0.2) is 52.9 Å². The number of amides is 1. The van der Waals surface area contributed by atoms with Crippen LogP contribution in [0.4, 0.5) is 0 Å². The molecule has 2 atom stereocenters. The van der Waals surface area contributed by atoms with Crippen LogP contribution in [0.5, 0.6) is 5.75 Å². The van der Waals surface area contributed by atoms with E-state index in [-0.39, 0.29) is 11.9 Å². The molecule has 0 radical (unpaired) electrons. The third kappa shape index (κ3) is 3.78. The Morgan fingerprint density at radius 3 is 2.93 bits per heavy atom. The molecular formula is C21H21ClN2O3. The van der Waals surface area contributed by atoms with Gasteiger partial charge in [-0.1, -0.05) is 29.8 Å². The SMILES string of the molecule is C[C@H](Oc1cccc(Cl)c1)C(=O)N1CCCC[C@H]1c1nc2ccccc2o1. The molecular weight excluding hydrogens is 364 g/mol. The number of benzene rings is 2. The van der Waals surface area contributed by atoms with Gasteiger partial charge in [-0.15, -0.1) is 0 Å². The van der Waals surface area contributed by atoms with Gasteiger partial charge in [0.25, 0.3) is 5.91 Å². The molecule has 0 saturated carbocycles. The van der Waals surface area contributed by atoms with Gasteiger partial charge in [-0.2, -0.15) is 0 Å². The maximum atomic E-state index is 13.1. The molecule has 0 aliphatic carbocycles. The number of ether oxygens (including phenoxy) is 1. The second-order valence-electron chi connectivity index (χ2n) is 6.78. The summed E-state index contributed by atoms with van der Waals surface area (Å²) in [5.74, 6) is 1.11. The lowest BCUT2D eigenvalue weighted by molar-refractivity contribution is -0.142. The Labute approximate surface area is 162 Å². The molecule has 0 bridgehead atoms. The van der Waals surface area contributed by atoms with Gasteiger partial charge in [0.1, 0.15) is 17.3 Å². The minimum absolute atomic E-state index is 0.0677. The van der Waals surface area contributed by atoms with Crippen molar-refractivity contribution in [1.29, 1.82) is 0 Å². The van der Waals surface area contributed by atoms with E-state index < -0.39 is 6.10 Å². The van der Waals surface area contributed by atoms with Gasteiger partial charge in [-0.05, 0) is 56.5 Å². The molecule has 27 heavy (non-hydrogen) atoms. The van der Waals surface area contributed by atoms with Crippen molar-refractivity contribution >= 4 is 28.6 Å². The fourth-order valence-electron chi connectivity index (χ4n) is 3.51. The van der Waals surface area contributed by atoms with Gasteiger partial charge in [-0.3, -0.25) is 4.79 Å². The average molecular weight is 385 g/mol. The number of carbonyl (C=O) groups excluding carboxylic acids is 1. The fourth-order valence-corrected chi connectivity index (χ4v) is 3.69. The number of fused-ring (bicyclic) bond motifs is 1. The smallest absolute Gasteiger partial charge is 0.264 e.